The third kappa shape index (κ3) is 7.70. The zero-order valence-corrected chi connectivity index (χ0v) is 41.9. The Kier molecular flexibility index (Phi) is 11.3. The number of benzene rings is 14. The van der Waals surface area contributed by atoms with Crippen molar-refractivity contribution in [1.29, 1.82) is 0 Å². The fraction of sp³-hybridized carbons (Fsp3) is 0. The molecule has 0 atom stereocenters. The van der Waals surface area contributed by atoms with Gasteiger partial charge in [-0.2, -0.15) is 0 Å². The molecule has 0 heterocycles. The van der Waals surface area contributed by atoms with Crippen molar-refractivity contribution in [2.24, 2.45) is 0 Å². The zero-order chi connectivity index (χ0) is 50.4. The minimum Gasteiger partial charge on any atom is -0.0622 e. The Balaban J connectivity index is 0.995. The average molecular weight is 963 g/mol. The summed E-state index contributed by atoms with van der Waals surface area (Å²) in [6, 6.07) is 107. The van der Waals surface area contributed by atoms with Gasteiger partial charge in [0.1, 0.15) is 0 Å². The van der Waals surface area contributed by atoms with Crippen LogP contribution < -0.4 is 0 Å². The Morgan fingerprint density at radius 3 is 0.645 bits per heavy atom. The largest absolute Gasteiger partial charge is 0.0622 e. The van der Waals surface area contributed by atoms with Crippen molar-refractivity contribution in [1.82, 2.24) is 0 Å². The fourth-order valence-electron chi connectivity index (χ4n) is 12.2. The molecule has 14 aromatic rings. The van der Waals surface area contributed by atoms with Crippen LogP contribution in [0.15, 0.2) is 291 Å². The summed E-state index contributed by atoms with van der Waals surface area (Å²) in [4.78, 5) is 0. The van der Waals surface area contributed by atoms with E-state index in [9.17, 15) is 0 Å². The van der Waals surface area contributed by atoms with Gasteiger partial charge in [0, 0.05) is 0 Å². The highest BCUT2D eigenvalue weighted by molar-refractivity contribution is 6.31. The minimum absolute atomic E-state index is 1.19. The molecule has 0 N–H and O–H groups in total. The van der Waals surface area contributed by atoms with Gasteiger partial charge in [-0.3, -0.25) is 0 Å². The van der Waals surface area contributed by atoms with Crippen LogP contribution in [0.2, 0.25) is 0 Å². The Morgan fingerprint density at radius 2 is 0.382 bits per heavy atom. The average Bonchev–Trinajstić information content (AvgIpc) is 3.63. The summed E-state index contributed by atoms with van der Waals surface area (Å²) >= 11 is 0. The molecule has 0 bridgehead atoms. The number of hydrogen-bond acceptors (Lipinski definition) is 0. The van der Waals surface area contributed by atoms with E-state index in [1.807, 2.05) is 0 Å². The van der Waals surface area contributed by atoms with Crippen LogP contribution in [0.5, 0.6) is 0 Å². The molecule has 0 fully saturated rings. The summed E-state index contributed by atoms with van der Waals surface area (Å²) in [6.45, 7) is 0. The molecule has 0 unspecified atom stereocenters. The summed E-state index contributed by atoms with van der Waals surface area (Å²) in [7, 11) is 0. The van der Waals surface area contributed by atoms with Crippen LogP contribution in [0.3, 0.4) is 0 Å². The van der Waals surface area contributed by atoms with E-state index < -0.39 is 0 Å². The van der Waals surface area contributed by atoms with Crippen molar-refractivity contribution < 1.29 is 0 Å². The Bertz CT molecular complexity index is 4090. The van der Waals surface area contributed by atoms with Gasteiger partial charge in [0.25, 0.3) is 0 Å². The van der Waals surface area contributed by atoms with E-state index in [1.165, 1.54) is 143 Å². The van der Waals surface area contributed by atoms with Gasteiger partial charge in [0.05, 0.1) is 0 Å². The highest BCUT2D eigenvalue weighted by Crippen LogP contribution is 2.52. The Labute approximate surface area is 443 Å². The van der Waals surface area contributed by atoms with Crippen molar-refractivity contribution in [2.75, 3.05) is 0 Å². The maximum absolute atomic E-state index is 2.37. The van der Waals surface area contributed by atoms with Crippen LogP contribution in [0.25, 0.3) is 121 Å². The molecule has 76 heavy (non-hydrogen) atoms. The second kappa shape index (κ2) is 19.2. The van der Waals surface area contributed by atoms with Crippen molar-refractivity contribution in [3.63, 3.8) is 0 Å². The van der Waals surface area contributed by atoms with Crippen LogP contribution in [0.4, 0.5) is 0 Å². The van der Waals surface area contributed by atoms with Crippen molar-refractivity contribution in [3.8, 4) is 33.4 Å². The molecule has 0 nitrogen and oxygen atoms in total. The molecule has 0 radical (unpaired) electrons. The predicted molar refractivity (Wildman–Crippen MR) is 328 cm³/mol. The number of hydrogen-bond donors (Lipinski definition) is 0. The molecule has 0 aliphatic rings. The van der Waals surface area contributed by atoms with E-state index in [2.05, 4.69) is 303 Å². The Morgan fingerprint density at radius 1 is 0.171 bits per heavy atom. The van der Waals surface area contributed by atoms with E-state index in [-0.39, 0.29) is 0 Å². The highest BCUT2D eigenvalue weighted by atomic mass is 14.3. The molecule has 0 heteroatoms. The molecular formula is C76H50. The molecule has 0 aliphatic carbocycles. The lowest BCUT2D eigenvalue weighted by Crippen LogP contribution is -1.96. The molecule has 0 aromatic heterocycles. The van der Waals surface area contributed by atoms with Crippen molar-refractivity contribution >= 4 is 87.9 Å². The highest BCUT2D eigenvalue weighted by Gasteiger charge is 2.24. The van der Waals surface area contributed by atoms with Gasteiger partial charge in [-0.15, -0.1) is 0 Å². The topological polar surface area (TPSA) is 0 Å². The summed E-state index contributed by atoms with van der Waals surface area (Å²) in [5.41, 5.74) is 17.0. The summed E-state index contributed by atoms with van der Waals surface area (Å²) in [5.74, 6) is 0. The molecule has 354 valence electrons. The maximum atomic E-state index is 2.37. The van der Waals surface area contributed by atoms with Gasteiger partial charge in [0.2, 0.25) is 0 Å². The molecule has 0 amide bonds. The van der Waals surface area contributed by atoms with Gasteiger partial charge in [-0.25, -0.2) is 0 Å². The minimum atomic E-state index is 1.19. The normalized spacial score (nSPS) is 11.4. The van der Waals surface area contributed by atoms with Crippen molar-refractivity contribution in [3.05, 3.63) is 325 Å². The second-order valence-electron chi connectivity index (χ2n) is 19.8. The first-order valence-corrected chi connectivity index (χ1v) is 26.3. The summed E-state index contributed by atoms with van der Waals surface area (Å²) < 4.78 is 0. The fourth-order valence-corrected chi connectivity index (χ4v) is 12.2. The number of fused-ring (bicyclic) bond motifs is 6. The lowest BCUT2D eigenvalue weighted by molar-refractivity contribution is 1.55. The quantitative estimate of drug-likeness (QED) is 0.0999. The van der Waals surface area contributed by atoms with Crippen LogP contribution in [0.1, 0.15) is 33.4 Å². The van der Waals surface area contributed by atoms with E-state index in [4.69, 9.17) is 0 Å². The summed E-state index contributed by atoms with van der Waals surface area (Å²) in [6.07, 6.45) is 4.75. The lowest BCUT2D eigenvalue weighted by Gasteiger charge is -2.23. The molecule has 14 rings (SSSR count). The van der Waals surface area contributed by atoms with Gasteiger partial charge in [0.15, 0.2) is 0 Å². The third-order valence-corrected chi connectivity index (χ3v) is 15.5. The molecule has 0 saturated carbocycles. The smallest absolute Gasteiger partial charge is 0.00139 e. The molecular weight excluding hydrogens is 913 g/mol. The third-order valence-electron chi connectivity index (χ3n) is 15.5. The Hall–Kier alpha value is -9.88. The van der Waals surface area contributed by atoms with E-state index in [0.717, 1.165) is 0 Å². The molecule has 0 aliphatic heterocycles. The van der Waals surface area contributed by atoms with E-state index in [1.54, 1.807) is 0 Å². The zero-order valence-electron chi connectivity index (χ0n) is 41.9. The van der Waals surface area contributed by atoms with E-state index in [0.29, 0.717) is 0 Å². The van der Waals surface area contributed by atoms with Gasteiger partial charge < -0.3 is 0 Å². The SMILES string of the molecule is C(=C(c1ccccc1)c1ccccc1)c1ccc(-c2c3ccccc3c(-c3c4ccccc4c(-c4ccc(C=C(c5ccccc5)c5ccccc5)c5ccccc45)c4ccccc34)c3ccccc23)c2ccccc12. The maximum Gasteiger partial charge on any atom is -0.00139 e. The number of rotatable bonds is 9. The van der Waals surface area contributed by atoms with Crippen LogP contribution in [0, 0.1) is 0 Å². The van der Waals surface area contributed by atoms with Crippen LogP contribution in [-0.4, -0.2) is 0 Å². The predicted octanol–water partition coefficient (Wildman–Crippen LogP) is 20.8. The standard InChI is InChI=1S/C76H50/c1-5-25-51(26-6-1)71(52-27-7-2-8-28-52)49-55-45-47-69(59-35-15-13-33-57(55)59)73-61-37-17-21-41-65(61)75(66-42-22-18-38-62(66)73)76-67-43-23-19-39-63(67)74(64-40-20-24-44-68(64)76)70-48-46-56(58-34-14-16-36-60(58)70)50-72(53-29-9-3-10-30-53)54-31-11-4-12-32-54/h1-50H. The first kappa shape index (κ1) is 44.8. The molecule has 0 saturated heterocycles. The van der Waals surface area contributed by atoms with Gasteiger partial charge >= 0.3 is 0 Å². The molecule has 14 aromatic carbocycles. The monoisotopic (exact) mass is 962 g/mol. The first-order valence-electron chi connectivity index (χ1n) is 26.3. The van der Waals surface area contributed by atoms with Crippen LogP contribution in [-0.2, 0) is 0 Å². The second-order valence-corrected chi connectivity index (χ2v) is 19.8. The van der Waals surface area contributed by atoms with Crippen LogP contribution >= 0.6 is 0 Å². The first-order chi connectivity index (χ1) is 37.8. The summed E-state index contributed by atoms with van der Waals surface area (Å²) in [5, 5.41) is 14.8. The van der Waals surface area contributed by atoms with Gasteiger partial charge in [-0.05, 0) is 155 Å². The van der Waals surface area contributed by atoms with E-state index >= 15 is 0 Å². The van der Waals surface area contributed by atoms with Gasteiger partial charge in [-0.1, -0.05) is 291 Å². The van der Waals surface area contributed by atoms with Crippen molar-refractivity contribution in [2.45, 2.75) is 0 Å². The lowest BCUT2D eigenvalue weighted by atomic mass is 9.80. The molecule has 0 spiro atoms.